The molecule has 1 aliphatic heterocycles. The first-order valence-corrected chi connectivity index (χ1v) is 8.69. The summed E-state index contributed by atoms with van der Waals surface area (Å²) >= 11 is 0. The van der Waals surface area contributed by atoms with Crippen molar-refractivity contribution in [2.24, 2.45) is 5.92 Å². The maximum absolute atomic E-state index is 12.6. The van der Waals surface area contributed by atoms with Crippen molar-refractivity contribution in [1.82, 2.24) is 10.2 Å². The van der Waals surface area contributed by atoms with Crippen LogP contribution in [0.3, 0.4) is 0 Å². The summed E-state index contributed by atoms with van der Waals surface area (Å²) < 4.78 is 0. The van der Waals surface area contributed by atoms with Gasteiger partial charge in [0.1, 0.15) is 12.1 Å². The molecule has 1 aliphatic rings. The number of nitrogens with zero attached hydrogens (tertiary/aromatic N) is 1. The molecule has 1 heterocycles. The lowest BCUT2D eigenvalue weighted by Crippen LogP contribution is -2.63. The van der Waals surface area contributed by atoms with E-state index in [1.807, 2.05) is 11.8 Å². The van der Waals surface area contributed by atoms with Gasteiger partial charge in [-0.1, -0.05) is 53.4 Å². The molecule has 4 heteroatoms. The lowest BCUT2D eigenvalue weighted by molar-refractivity contribution is -0.150. The molecule has 0 bridgehead atoms. The molecule has 0 aromatic carbocycles. The van der Waals surface area contributed by atoms with Crippen molar-refractivity contribution >= 4 is 11.8 Å². The number of amides is 2. The molecule has 3 atom stereocenters. The Labute approximate surface area is 129 Å². The monoisotopic (exact) mass is 296 g/mol. The van der Waals surface area contributed by atoms with E-state index in [-0.39, 0.29) is 23.9 Å². The summed E-state index contributed by atoms with van der Waals surface area (Å²) in [5.41, 5.74) is 0. The lowest BCUT2D eigenvalue weighted by Gasteiger charge is -2.40. The zero-order valence-corrected chi connectivity index (χ0v) is 14.2. The molecule has 21 heavy (non-hydrogen) atoms. The zero-order valence-electron chi connectivity index (χ0n) is 14.2. The van der Waals surface area contributed by atoms with Crippen LogP contribution >= 0.6 is 0 Å². The van der Waals surface area contributed by atoms with Crippen LogP contribution in [-0.2, 0) is 9.59 Å². The van der Waals surface area contributed by atoms with Crippen molar-refractivity contribution < 1.29 is 9.59 Å². The number of hydrogen-bond acceptors (Lipinski definition) is 2. The Kier molecular flexibility index (Phi) is 7.76. The van der Waals surface area contributed by atoms with E-state index in [4.69, 9.17) is 0 Å². The van der Waals surface area contributed by atoms with Crippen molar-refractivity contribution in [3.63, 3.8) is 0 Å². The van der Waals surface area contributed by atoms with E-state index in [0.29, 0.717) is 12.3 Å². The molecule has 0 radical (unpaired) electrons. The smallest absolute Gasteiger partial charge is 0.245 e. The van der Waals surface area contributed by atoms with Crippen LogP contribution in [-0.4, -0.2) is 35.3 Å². The number of unbranched alkanes of at least 4 members (excludes halogenated alkanes) is 1. The number of piperazine rings is 1. The fourth-order valence-corrected chi connectivity index (χ4v) is 3.07. The standard InChI is InChI=1S/C17H32N2O2/c1-5-9-11-13(7-3)12-19-15(10-6-2)16(20)18-14(8-4)17(19)21/h13-15H,5-12H2,1-4H3,(H,18,20). The minimum atomic E-state index is -0.325. The van der Waals surface area contributed by atoms with Gasteiger partial charge in [0.15, 0.2) is 0 Å². The Balaban J connectivity index is 2.83. The predicted octanol–water partition coefficient (Wildman–Crippen LogP) is 3.11. The predicted molar refractivity (Wildman–Crippen MR) is 85.9 cm³/mol. The molecule has 0 spiro atoms. The van der Waals surface area contributed by atoms with Crippen LogP contribution in [0.5, 0.6) is 0 Å². The van der Waals surface area contributed by atoms with Gasteiger partial charge in [0.25, 0.3) is 0 Å². The highest BCUT2D eigenvalue weighted by Crippen LogP contribution is 2.21. The van der Waals surface area contributed by atoms with Gasteiger partial charge in [0.2, 0.25) is 11.8 Å². The second-order valence-corrected chi connectivity index (χ2v) is 6.18. The molecule has 0 saturated carbocycles. The summed E-state index contributed by atoms with van der Waals surface area (Å²) in [6.07, 6.45) is 6.95. The van der Waals surface area contributed by atoms with E-state index in [0.717, 1.165) is 32.2 Å². The number of carbonyl (C=O) groups is 2. The first kappa shape index (κ1) is 18.0. The first-order chi connectivity index (χ1) is 10.1. The average Bonchev–Trinajstić information content (AvgIpc) is 2.49. The van der Waals surface area contributed by atoms with Gasteiger partial charge in [-0.25, -0.2) is 0 Å². The lowest BCUT2D eigenvalue weighted by atomic mass is 9.95. The normalized spacial score (nSPS) is 24.1. The minimum absolute atomic E-state index is 0.0358. The van der Waals surface area contributed by atoms with Crippen LogP contribution in [0.1, 0.15) is 72.6 Å². The van der Waals surface area contributed by atoms with Gasteiger partial charge in [-0.2, -0.15) is 0 Å². The van der Waals surface area contributed by atoms with Crippen molar-refractivity contribution in [1.29, 1.82) is 0 Å². The van der Waals surface area contributed by atoms with Gasteiger partial charge in [0, 0.05) is 6.54 Å². The Morgan fingerprint density at radius 2 is 1.86 bits per heavy atom. The fourth-order valence-electron chi connectivity index (χ4n) is 3.07. The molecule has 122 valence electrons. The van der Waals surface area contributed by atoms with E-state index in [1.54, 1.807) is 0 Å². The van der Waals surface area contributed by atoms with Gasteiger partial charge >= 0.3 is 0 Å². The Morgan fingerprint density at radius 1 is 1.14 bits per heavy atom. The zero-order chi connectivity index (χ0) is 15.8. The molecular formula is C17H32N2O2. The summed E-state index contributed by atoms with van der Waals surface area (Å²) in [6, 6.07) is -0.588. The van der Waals surface area contributed by atoms with E-state index < -0.39 is 0 Å². The third-order valence-electron chi connectivity index (χ3n) is 4.55. The maximum Gasteiger partial charge on any atom is 0.245 e. The summed E-state index contributed by atoms with van der Waals surface area (Å²) in [5, 5.41) is 2.88. The van der Waals surface area contributed by atoms with Crippen molar-refractivity contribution in [3.8, 4) is 0 Å². The molecule has 3 unspecified atom stereocenters. The molecule has 1 rings (SSSR count). The highest BCUT2D eigenvalue weighted by Gasteiger charge is 2.39. The molecule has 1 saturated heterocycles. The van der Waals surface area contributed by atoms with Crippen LogP contribution in [0.4, 0.5) is 0 Å². The van der Waals surface area contributed by atoms with Gasteiger partial charge in [-0.15, -0.1) is 0 Å². The fraction of sp³-hybridized carbons (Fsp3) is 0.882. The number of rotatable bonds is 9. The van der Waals surface area contributed by atoms with Crippen molar-refractivity contribution in [3.05, 3.63) is 0 Å². The topological polar surface area (TPSA) is 49.4 Å². The van der Waals surface area contributed by atoms with Gasteiger partial charge < -0.3 is 10.2 Å². The molecule has 0 aromatic rings. The van der Waals surface area contributed by atoms with E-state index >= 15 is 0 Å². The summed E-state index contributed by atoms with van der Waals surface area (Å²) in [4.78, 5) is 26.8. The number of nitrogens with one attached hydrogen (secondary N) is 1. The van der Waals surface area contributed by atoms with Crippen LogP contribution in [0.25, 0.3) is 0 Å². The number of carbonyl (C=O) groups excluding carboxylic acids is 2. The van der Waals surface area contributed by atoms with Crippen LogP contribution < -0.4 is 5.32 Å². The highest BCUT2D eigenvalue weighted by molar-refractivity contribution is 5.96. The third kappa shape index (κ3) is 4.72. The first-order valence-electron chi connectivity index (χ1n) is 8.69. The largest absolute Gasteiger partial charge is 0.343 e. The third-order valence-corrected chi connectivity index (χ3v) is 4.55. The van der Waals surface area contributed by atoms with E-state index in [9.17, 15) is 9.59 Å². The molecule has 1 fully saturated rings. The highest BCUT2D eigenvalue weighted by atomic mass is 16.2. The summed E-state index contributed by atoms with van der Waals surface area (Å²) in [7, 11) is 0. The van der Waals surface area contributed by atoms with Crippen LogP contribution in [0.15, 0.2) is 0 Å². The second-order valence-electron chi connectivity index (χ2n) is 6.18. The maximum atomic E-state index is 12.6. The van der Waals surface area contributed by atoms with Gasteiger partial charge in [-0.05, 0) is 25.2 Å². The Hall–Kier alpha value is -1.06. The minimum Gasteiger partial charge on any atom is -0.343 e. The molecular weight excluding hydrogens is 264 g/mol. The summed E-state index contributed by atoms with van der Waals surface area (Å²) in [6.45, 7) is 9.13. The van der Waals surface area contributed by atoms with E-state index in [2.05, 4.69) is 26.1 Å². The van der Waals surface area contributed by atoms with Crippen molar-refractivity contribution in [2.75, 3.05) is 6.54 Å². The van der Waals surface area contributed by atoms with Gasteiger partial charge in [-0.3, -0.25) is 9.59 Å². The molecule has 0 aromatic heterocycles. The molecule has 0 aliphatic carbocycles. The van der Waals surface area contributed by atoms with Gasteiger partial charge in [0.05, 0.1) is 0 Å². The summed E-state index contributed by atoms with van der Waals surface area (Å²) in [5.74, 6) is 0.663. The van der Waals surface area contributed by atoms with E-state index in [1.165, 1.54) is 12.8 Å². The Bertz CT molecular complexity index is 344. The number of hydrogen-bond donors (Lipinski definition) is 1. The quantitative estimate of drug-likeness (QED) is 0.710. The van der Waals surface area contributed by atoms with Crippen LogP contribution in [0.2, 0.25) is 0 Å². The SMILES string of the molecule is CCCCC(CC)CN1C(=O)C(CC)NC(=O)C1CCC. The molecule has 4 nitrogen and oxygen atoms in total. The Morgan fingerprint density at radius 3 is 2.38 bits per heavy atom. The molecule has 2 amide bonds. The molecule has 1 N–H and O–H groups in total. The van der Waals surface area contributed by atoms with Crippen LogP contribution in [0, 0.1) is 5.92 Å². The second kappa shape index (κ2) is 9.06. The van der Waals surface area contributed by atoms with Crippen molar-refractivity contribution in [2.45, 2.75) is 84.7 Å². The average molecular weight is 296 g/mol.